The summed E-state index contributed by atoms with van der Waals surface area (Å²) in [6, 6.07) is 4.36. The fraction of sp³-hybridized carbons (Fsp3) is 0.364. The van der Waals surface area contributed by atoms with Crippen molar-refractivity contribution in [2.45, 2.75) is 19.3 Å². The SMILES string of the molecule is NC(=S)CCCCOc1cc(F)ccc1Br. The maximum absolute atomic E-state index is 12.9. The van der Waals surface area contributed by atoms with Crippen LogP contribution in [-0.2, 0) is 0 Å². The molecule has 0 saturated carbocycles. The van der Waals surface area contributed by atoms with Crippen LogP contribution in [-0.4, -0.2) is 11.6 Å². The lowest BCUT2D eigenvalue weighted by Crippen LogP contribution is -2.08. The fourth-order valence-corrected chi connectivity index (χ4v) is 1.68. The second-order valence-corrected chi connectivity index (χ2v) is 4.73. The lowest BCUT2D eigenvalue weighted by molar-refractivity contribution is 0.304. The third-order valence-corrected chi connectivity index (χ3v) is 2.83. The molecule has 0 spiro atoms. The highest BCUT2D eigenvalue weighted by molar-refractivity contribution is 9.10. The number of hydrogen-bond donors (Lipinski definition) is 1. The molecule has 0 aliphatic carbocycles. The lowest BCUT2D eigenvalue weighted by atomic mass is 10.2. The van der Waals surface area contributed by atoms with E-state index in [0.717, 1.165) is 23.7 Å². The highest BCUT2D eigenvalue weighted by Gasteiger charge is 2.02. The van der Waals surface area contributed by atoms with Crippen LogP contribution in [0.15, 0.2) is 22.7 Å². The molecule has 5 heteroatoms. The second kappa shape index (κ2) is 6.81. The molecule has 0 radical (unpaired) electrons. The van der Waals surface area contributed by atoms with Crippen molar-refractivity contribution >= 4 is 33.1 Å². The van der Waals surface area contributed by atoms with Gasteiger partial charge >= 0.3 is 0 Å². The maximum Gasteiger partial charge on any atom is 0.136 e. The van der Waals surface area contributed by atoms with E-state index >= 15 is 0 Å². The van der Waals surface area contributed by atoms with Crippen molar-refractivity contribution in [2.24, 2.45) is 5.73 Å². The van der Waals surface area contributed by atoms with E-state index in [4.69, 9.17) is 22.7 Å². The zero-order valence-electron chi connectivity index (χ0n) is 8.71. The molecule has 88 valence electrons. The predicted octanol–water partition coefficient (Wildman–Crippen LogP) is 3.42. The summed E-state index contributed by atoms with van der Waals surface area (Å²) >= 11 is 8.05. The Balaban J connectivity index is 2.31. The smallest absolute Gasteiger partial charge is 0.136 e. The third kappa shape index (κ3) is 4.90. The summed E-state index contributed by atoms with van der Waals surface area (Å²) in [5.41, 5.74) is 5.36. The van der Waals surface area contributed by atoms with Crippen LogP contribution in [0.25, 0.3) is 0 Å². The monoisotopic (exact) mass is 305 g/mol. The Hall–Kier alpha value is -0.680. The Labute approximate surface area is 108 Å². The summed E-state index contributed by atoms with van der Waals surface area (Å²) in [4.78, 5) is 0.520. The third-order valence-electron chi connectivity index (χ3n) is 1.97. The minimum atomic E-state index is -0.304. The van der Waals surface area contributed by atoms with Crippen LogP contribution in [0.5, 0.6) is 5.75 Å². The molecule has 0 fully saturated rings. The zero-order chi connectivity index (χ0) is 12.0. The Morgan fingerprint density at radius 1 is 1.44 bits per heavy atom. The maximum atomic E-state index is 12.9. The molecule has 2 nitrogen and oxygen atoms in total. The van der Waals surface area contributed by atoms with Gasteiger partial charge in [-0.2, -0.15) is 0 Å². The molecule has 0 aromatic heterocycles. The van der Waals surface area contributed by atoms with Crippen molar-refractivity contribution in [1.82, 2.24) is 0 Å². The number of hydrogen-bond acceptors (Lipinski definition) is 2. The van der Waals surface area contributed by atoms with Crippen LogP contribution in [0.1, 0.15) is 19.3 Å². The number of ether oxygens (including phenoxy) is 1. The zero-order valence-corrected chi connectivity index (χ0v) is 11.1. The van der Waals surface area contributed by atoms with Crippen LogP contribution in [0.2, 0.25) is 0 Å². The van der Waals surface area contributed by atoms with Gasteiger partial charge in [0.25, 0.3) is 0 Å². The van der Waals surface area contributed by atoms with E-state index < -0.39 is 0 Å². The summed E-state index contributed by atoms with van der Waals surface area (Å²) in [6.07, 6.45) is 2.46. The average Bonchev–Trinajstić information content (AvgIpc) is 2.22. The number of rotatable bonds is 6. The molecule has 0 amide bonds. The van der Waals surface area contributed by atoms with Crippen molar-refractivity contribution in [3.05, 3.63) is 28.5 Å². The number of benzene rings is 1. The van der Waals surface area contributed by atoms with Crippen molar-refractivity contribution in [1.29, 1.82) is 0 Å². The van der Waals surface area contributed by atoms with Crippen molar-refractivity contribution in [3.8, 4) is 5.75 Å². The van der Waals surface area contributed by atoms with E-state index in [-0.39, 0.29) is 5.82 Å². The summed E-state index contributed by atoms with van der Waals surface area (Å²) < 4.78 is 19.1. The molecule has 1 aromatic rings. The standard InChI is InChI=1S/C11H13BrFNOS/c12-9-5-4-8(13)7-10(9)15-6-2-1-3-11(14)16/h4-5,7H,1-3,6H2,(H2,14,16). The highest BCUT2D eigenvalue weighted by Crippen LogP contribution is 2.25. The Morgan fingerprint density at radius 2 is 2.19 bits per heavy atom. The molecule has 0 unspecified atom stereocenters. The molecule has 0 atom stereocenters. The first kappa shape index (κ1) is 13.4. The van der Waals surface area contributed by atoms with Gasteiger partial charge in [-0.3, -0.25) is 0 Å². The average molecular weight is 306 g/mol. The number of halogens is 2. The predicted molar refractivity (Wildman–Crippen MR) is 70.2 cm³/mol. The molecule has 0 aliphatic rings. The highest BCUT2D eigenvalue weighted by atomic mass is 79.9. The van der Waals surface area contributed by atoms with Gasteiger partial charge in [-0.25, -0.2) is 4.39 Å². The molecule has 16 heavy (non-hydrogen) atoms. The number of nitrogens with two attached hydrogens (primary N) is 1. The van der Waals surface area contributed by atoms with Crippen molar-refractivity contribution in [3.63, 3.8) is 0 Å². The van der Waals surface area contributed by atoms with Gasteiger partial charge in [-0.05, 0) is 47.3 Å². The van der Waals surface area contributed by atoms with E-state index in [0.29, 0.717) is 17.3 Å². The van der Waals surface area contributed by atoms with Crippen LogP contribution in [0, 0.1) is 5.82 Å². The van der Waals surface area contributed by atoms with Gasteiger partial charge in [0.2, 0.25) is 0 Å². The summed E-state index contributed by atoms with van der Waals surface area (Å²) in [6.45, 7) is 0.532. The van der Waals surface area contributed by atoms with E-state index in [1.807, 2.05) is 0 Å². The van der Waals surface area contributed by atoms with E-state index in [1.165, 1.54) is 12.1 Å². The van der Waals surface area contributed by atoms with E-state index in [2.05, 4.69) is 15.9 Å². The van der Waals surface area contributed by atoms with Gasteiger partial charge < -0.3 is 10.5 Å². The van der Waals surface area contributed by atoms with E-state index in [1.54, 1.807) is 6.07 Å². The topological polar surface area (TPSA) is 35.2 Å². The van der Waals surface area contributed by atoms with Crippen molar-refractivity contribution in [2.75, 3.05) is 6.61 Å². The largest absolute Gasteiger partial charge is 0.492 e. The minimum absolute atomic E-state index is 0.304. The quantitative estimate of drug-likeness (QED) is 0.646. The van der Waals surface area contributed by atoms with Crippen LogP contribution < -0.4 is 10.5 Å². The van der Waals surface area contributed by atoms with Gasteiger partial charge in [-0.1, -0.05) is 12.2 Å². The van der Waals surface area contributed by atoms with Crippen LogP contribution in [0.3, 0.4) is 0 Å². The first-order valence-electron chi connectivity index (χ1n) is 4.96. The van der Waals surface area contributed by atoms with Gasteiger partial charge in [0.05, 0.1) is 16.1 Å². The molecule has 1 aromatic carbocycles. The van der Waals surface area contributed by atoms with Crippen LogP contribution >= 0.6 is 28.1 Å². The van der Waals surface area contributed by atoms with Crippen LogP contribution in [0.4, 0.5) is 4.39 Å². The van der Waals surface area contributed by atoms with Gasteiger partial charge in [-0.15, -0.1) is 0 Å². The molecular weight excluding hydrogens is 293 g/mol. The van der Waals surface area contributed by atoms with E-state index in [9.17, 15) is 4.39 Å². The first-order chi connectivity index (χ1) is 7.59. The molecule has 2 N–H and O–H groups in total. The Bertz CT molecular complexity index is 373. The molecule has 1 rings (SSSR count). The van der Waals surface area contributed by atoms with Gasteiger partial charge in [0.15, 0.2) is 0 Å². The number of thiocarbonyl (C=S) groups is 1. The fourth-order valence-electron chi connectivity index (χ4n) is 1.17. The molecule has 0 aliphatic heterocycles. The van der Waals surface area contributed by atoms with Gasteiger partial charge in [0, 0.05) is 6.07 Å². The molecule has 0 saturated heterocycles. The second-order valence-electron chi connectivity index (χ2n) is 3.35. The Morgan fingerprint density at radius 3 is 2.88 bits per heavy atom. The Kier molecular flexibility index (Phi) is 5.69. The normalized spacial score (nSPS) is 10.1. The number of unbranched alkanes of at least 4 members (excludes halogenated alkanes) is 1. The van der Waals surface area contributed by atoms with Crippen molar-refractivity contribution < 1.29 is 9.13 Å². The molecule has 0 heterocycles. The first-order valence-corrected chi connectivity index (χ1v) is 6.16. The minimum Gasteiger partial charge on any atom is -0.492 e. The summed E-state index contributed by atoms with van der Waals surface area (Å²) in [5, 5.41) is 0. The summed E-state index contributed by atoms with van der Waals surface area (Å²) in [7, 11) is 0. The van der Waals surface area contributed by atoms with Gasteiger partial charge in [0.1, 0.15) is 11.6 Å². The molecular formula is C11H13BrFNOS. The summed E-state index contributed by atoms with van der Waals surface area (Å²) in [5.74, 6) is 0.219. The molecule has 0 bridgehead atoms. The lowest BCUT2D eigenvalue weighted by Gasteiger charge is -2.07.